The number of carbonyl (C=O) groups excluding carboxylic acids is 1. The van der Waals surface area contributed by atoms with Gasteiger partial charge in [-0.2, -0.15) is 0 Å². The minimum Gasteiger partial charge on any atom is -0.465 e. The summed E-state index contributed by atoms with van der Waals surface area (Å²) >= 11 is 0. The van der Waals surface area contributed by atoms with Crippen molar-refractivity contribution in [2.45, 2.75) is 47.0 Å². The van der Waals surface area contributed by atoms with E-state index < -0.39 is 0 Å². The molecule has 0 aromatic carbocycles. The highest BCUT2D eigenvalue weighted by Gasteiger charge is 2.69. The molecule has 3 heteroatoms. The maximum Gasteiger partial charge on any atom is 0.310 e. The Labute approximate surface area is 121 Å². The fraction of sp³-hybridized carbons (Fsp3) is 0.647. The molecular formula is C17H25NO2. The van der Waals surface area contributed by atoms with Crippen molar-refractivity contribution in [1.29, 1.82) is 0 Å². The summed E-state index contributed by atoms with van der Waals surface area (Å²) in [4.78, 5) is 16.3. The number of rotatable bonds is 6. The fourth-order valence-electron chi connectivity index (χ4n) is 3.00. The maximum absolute atomic E-state index is 12.0. The third kappa shape index (κ3) is 2.87. The summed E-state index contributed by atoms with van der Waals surface area (Å²) < 4.78 is 5.42. The van der Waals surface area contributed by atoms with Gasteiger partial charge in [-0.3, -0.25) is 9.78 Å². The zero-order valence-electron chi connectivity index (χ0n) is 13.0. The Balaban J connectivity index is 1.64. The van der Waals surface area contributed by atoms with E-state index in [4.69, 9.17) is 4.74 Å². The highest BCUT2D eigenvalue weighted by Crippen LogP contribution is 2.68. The Bertz CT molecular complexity index is 451. The summed E-state index contributed by atoms with van der Waals surface area (Å²) in [6, 6.07) is 5.95. The zero-order chi connectivity index (χ0) is 14.8. The van der Waals surface area contributed by atoms with Gasteiger partial charge in [0.15, 0.2) is 0 Å². The van der Waals surface area contributed by atoms with Gasteiger partial charge in [0.25, 0.3) is 0 Å². The van der Waals surface area contributed by atoms with Crippen LogP contribution in [0.15, 0.2) is 24.4 Å². The number of aromatic nitrogens is 1. The molecule has 0 radical (unpaired) electrons. The zero-order valence-corrected chi connectivity index (χ0v) is 13.0. The van der Waals surface area contributed by atoms with Gasteiger partial charge in [-0.1, -0.05) is 33.8 Å². The summed E-state index contributed by atoms with van der Waals surface area (Å²) in [5.74, 6) is 0.0172. The van der Waals surface area contributed by atoms with E-state index in [1.54, 1.807) is 0 Å². The number of esters is 1. The van der Waals surface area contributed by atoms with E-state index in [1.807, 2.05) is 24.4 Å². The van der Waals surface area contributed by atoms with Crippen LogP contribution in [-0.2, 0) is 16.0 Å². The smallest absolute Gasteiger partial charge is 0.310 e. The van der Waals surface area contributed by atoms with Gasteiger partial charge in [0, 0.05) is 11.9 Å². The molecule has 1 aromatic heterocycles. The number of hydrogen-bond donors (Lipinski definition) is 0. The third-order valence-electron chi connectivity index (χ3n) is 5.05. The Hall–Kier alpha value is -1.38. The van der Waals surface area contributed by atoms with Gasteiger partial charge in [-0.15, -0.1) is 0 Å². The SMILES string of the molecule is CC1(C)C(C(=O)OCCCCc2ccccn2)C1(C)C. The average Bonchev–Trinajstić information content (AvgIpc) is 2.80. The first-order chi connectivity index (χ1) is 9.37. The lowest BCUT2D eigenvalue weighted by molar-refractivity contribution is -0.146. The molecule has 20 heavy (non-hydrogen) atoms. The molecule has 1 heterocycles. The fourth-order valence-corrected chi connectivity index (χ4v) is 3.00. The highest BCUT2D eigenvalue weighted by atomic mass is 16.5. The van der Waals surface area contributed by atoms with Crippen LogP contribution < -0.4 is 0 Å². The van der Waals surface area contributed by atoms with E-state index in [0.29, 0.717) is 6.61 Å². The summed E-state index contributed by atoms with van der Waals surface area (Å²) in [6.45, 7) is 9.08. The molecule has 1 aliphatic rings. The molecule has 110 valence electrons. The molecule has 1 fully saturated rings. The topological polar surface area (TPSA) is 39.2 Å². The standard InChI is InChI=1S/C17H25NO2/c1-16(2)14(17(16,3)4)15(19)20-12-8-6-10-13-9-5-7-11-18-13/h5,7,9,11,14H,6,8,10,12H2,1-4H3. The number of nitrogens with zero attached hydrogens (tertiary/aromatic N) is 1. The van der Waals surface area contributed by atoms with Crippen LogP contribution in [0.25, 0.3) is 0 Å². The monoisotopic (exact) mass is 275 g/mol. The number of ether oxygens (including phenoxy) is 1. The lowest BCUT2D eigenvalue weighted by atomic mass is 10.0. The van der Waals surface area contributed by atoms with Crippen molar-refractivity contribution in [2.75, 3.05) is 6.61 Å². The Kier molecular flexibility index (Phi) is 4.17. The highest BCUT2D eigenvalue weighted by molar-refractivity contribution is 5.78. The van der Waals surface area contributed by atoms with Crippen molar-refractivity contribution in [3.8, 4) is 0 Å². The first kappa shape index (κ1) is 15.0. The molecule has 0 aliphatic heterocycles. The minimum atomic E-state index is -0.0298. The molecule has 0 amide bonds. The van der Waals surface area contributed by atoms with E-state index in [9.17, 15) is 4.79 Å². The molecule has 1 aromatic rings. The largest absolute Gasteiger partial charge is 0.465 e. The Morgan fingerprint density at radius 2 is 1.90 bits per heavy atom. The number of aryl methyl sites for hydroxylation is 1. The van der Waals surface area contributed by atoms with Crippen molar-refractivity contribution in [1.82, 2.24) is 4.98 Å². The van der Waals surface area contributed by atoms with E-state index in [2.05, 4.69) is 32.7 Å². The first-order valence-corrected chi connectivity index (χ1v) is 7.44. The minimum absolute atomic E-state index is 0.0298. The summed E-state index contributed by atoms with van der Waals surface area (Å²) in [6.07, 6.45) is 4.66. The number of pyridine rings is 1. The molecule has 0 unspecified atom stereocenters. The van der Waals surface area contributed by atoms with Crippen LogP contribution in [0.2, 0.25) is 0 Å². The number of hydrogen-bond acceptors (Lipinski definition) is 3. The predicted molar refractivity (Wildman–Crippen MR) is 79.2 cm³/mol. The molecule has 2 rings (SSSR count). The van der Waals surface area contributed by atoms with Crippen molar-refractivity contribution >= 4 is 5.97 Å². The van der Waals surface area contributed by atoms with Gasteiger partial charge >= 0.3 is 5.97 Å². The van der Waals surface area contributed by atoms with Gasteiger partial charge in [0.2, 0.25) is 0 Å². The second-order valence-corrected chi connectivity index (χ2v) is 6.82. The molecular weight excluding hydrogens is 250 g/mol. The van der Waals surface area contributed by atoms with E-state index in [0.717, 1.165) is 25.0 Å². The average molecular weight is 275 g/mol. The summed E-state index contributed by atoms with van der Waals surface area (Å²) in [7, 11) is 0. The molecule has 0 bridgehead atoms. The van der Waals surface area contributed by atoms with Crippen LogP contribution in [0.1, 0.15) is 46.2 Å². The van der Waals surface area contributed by atoms with Crippen LogP contribution in [0, 0.1) is 16.7 Å². The molecule has 1 saturated carbocycles. The van der Waals surface area contributed by atoms with Crippen molar-refractivity contribution < 1.29 is 9.53 Å². The van der Waals surface area contributed by atoms with Crippen molar-refractivity contribution in [3.05, 3.63) is 30.1 Å². The third-order valence-corrected chi connectivity index (χ3v) is 5.05. The molecule has 3 nitrogen and oxygen atoms in total. The van der Waals surface area contributed by atoms with Gasteiger partial charge in [-0.05, 0) is 42.2 Å². The quantitative estimate of drug-likeness (QED) is 0.588. The lowest BCUT2D eigenvalue weighted by Crippen LogP contribution is -2.12. The number of carbonyl (C=O) groups is 1. The Morgan fingerprint density at radius 1 is 1.20 bits per heavy atom. The van der Waals surface area contributed by atoms with Crippen LogP contribution in [0.4, 0.5) is 0 Å². The van der Waals surface area contributed by atoms with Crippen LogP contribution in [0.3, 0.4) is 0 Å². The van der Waals surface area contributed by atoms with Gasteiger partial charge in [0.1, 0.15) is 0 Å². The summed E-state index contributed by atoms with van der Waals surface area (Å²) in [5, 5.41) is 0. The summed E-state index contributed by atoms with van der Waals surface area (Å²) in [5.41, 5.74) is 1.24. The number of unbranched alkanes of at least 4 members (excludes halogenated alkanes) is 1. The van der Waals surface area contributed by atoms with Gasteiger partial charge in [-0.25, -0.2) is 0 Å². The van der Waals surface area contributed by atoms with Crippen molar-refractivity contribution in [2.24, 2.45) is 16.7 Å². The molecule has 0 N–H and O–H groups in total. The van der Waals surface area contributed by atoms with Crippen molar-refractivity contribution in [3.63, 3.8) is 0 Å². The molecule has 0 spiro atoms. The predicted octanol–water partition coefficient (Wildman–Crippen LogP) is 3.63. The molecule has 1 aliphatic carbocycles. The van der Waals surface area contributed by atoms with Gasteiger partial charge < -0.3 is 4.74 Å². The van der Waals surface area contributed by atoms with Gasteiger partial charge in [0.05, 0.1) is 12.5 Å². The maximum atomic E-state index is 12.0. The lowest BCUT2D eigenvalue weighted by Gasteiger charge is -2.06. The second kappa shape index (κ2) is 5.55. The molecule has 0 atom stereocenters. The van der Waals surface area contributed by atoms with Crippen LogP contribution in [-0.4, -0.2) is 17.6 Å². The normalized spacial score (nSPS) is 19.6. The van der Waals surface area contributed by atoms with E-state index >= 15 is 0 Å². The van der Waals surface area contributed by atoms with E-state index in [-0.39, 0.29) is 22.7 Å². The van der Waals surface area contributed by atoms with Crippen LogP contribution >= 0.6 is 0 Å². The molecule has 0 saturated heterocycles. The van der Waals surface area contributed by atoms with E-state index in [1.165, 1.54) is 0 Å². The second-order valence-electron chi connectivity index (χ2n) is 6.82. The Morgan fingerprint density at radius 3 is 2.45 bits per heavy atom. The first-order valence-electron chi connectivity index (χ1n) is 7.44. The van der Waals surface area contributed by atoms with Crippen LogP contribution in [0.5, 0.6) is 0 Å².